The van der Waals surface area contributed by atoms with Crippen LogP contribution in [0.15, 0.2) is 36.4 Å². The van der Waals surface area contributed by atoms with E-state index in [-0.39, 0.29) is 48.4 Å². The van der Waals surface area contributed by atoms with Gasteiger partial charge in [0.25, 0.3) is 0 Å². The second kappa shape index (κ2) is 23.4. The number of rotatable bonds is 4. The lowest BCUT2D eigenvalue weighted by Gasteiger charge is -2.40. The fraction of sp³-hybridized carbons (Fsp3) is 0.647. The van der Waals surface area contributed by atoms with Crippen molar-refractivity contribution in [2.24, 2.45) is 11.8 Å². The van der Waals surface area contributed by atoms with E-state index in [1.807, 2.05) is 36.4 Å². The zero-order chi connectivity index (χ0) is 45.7. The minimum atomic E-state index is -1.01. The van der Waals surface area contributed by atoms with Crippen LogP contribution in [0.5, 0.6) is 11.5 Å². The predicted octanol–water partition coefficient (Wildman–Crippen LogP) is 6.95. The number of methoxy groups -OCH3 is 1. The third-order valence-electron chi connectivity index (χ3n) is 14.5. The molecule has 0 spiro atoms. The first kappa shape index (κ1) is 47.8. The van der Waals surface area contributed by atoms with E-state index >= 15 is 0 Å². The lowest BCUT2D eigenvalue weighted by Crippen LogP contribution is -2.58. The summed E-state index contributed by atoms with van der Waals surface area (Å²) in [6, 6.07) is 8.81. The van der Waals surface area contributed by atoms with Gasteiger partial charge in [-0.1, -0.05) is 76.3 Å². The molecule has 2 fully saturated rings. The summed E-state index contributed by atoms with van der Waals surface area (Å²) in [6.45, 7) is 1.77. The van der Waals surface area contributed by atoms with Gasteiger partial charge in [0.15, 0.2) is 0 Å². The largest absolute Gasteiger partial charge is 0.494 e. The molecule has 4 amide bonds. The Labute approximate surface area is 383 Å². The van der Waals surface area contributed by atoms with E-state index < -0.39 is 36.1 Å². The maximum atomic E-state index is 13.9. The molecule has 2 aliphatic carbocycles. The number of aliphatic carboxylic acids is 1. The first-order valence-electron chi connectivity index (χ1n) is 24.6. The second-order valence-electron chi connectivity index (χ2n) is 19.0. The molecule has 0 aromatic heterocycles. The van der Waals surface area contributed by atoms with E-state index in [1.165, 1.54) is 12.0 Å². The molecule has 0 unspecified atom stereocenters. The second-order valence-corrected chi connectivity index (χ2v) is 19.0. The summed E-state index contributed by atoms with van der Waals surface area (Å²) in [6.07, 6.45) is 18.9. The fourth-order valence-electron chi connectivity index (χ4n) is 10.7. The smallest absolute Gasteiger partial charge is 0.328 e. The van der Waals surface area contributed by atoms with Crippen LogP contribution in [0.1, 0.15) is 151 Å². The molecular formula is C51H70N4O10. The van der Waals surface area contributed by atoms with Gasteiger partial charge in [-0.25, -0.2) is 9.59 Å². The van der Waals surface area contributed by atoms with Gasteiger partial charge >= 0.3 is 11.9 Å². The van der Waals surface area contributed by atoms with Crippen molar-refractivity contribution in [2.45, 2.75) is 179 Å². The monoisotopic (exact) mass is 899 g/mol. The molecule has 354 valence electrons. The Morgan fingerprint density at radius 3 is 1.43 bits per heavy atom. The Morgan fingerprint density at radius 2 is 0.985 bits per heavy atom. The third-order valence-corrected chi connectivity index (χ3v) is 14.5. The maximum absolute atomic E-state index is 13.9. The summed E-state index contributed by atoms with van der Waals surface area (Å²) in [5, 5.41) is 16.0. The number of carbonyl (C=O) groups excluding carboxylic acids is 5. The zero-order valence-corrected chi connectivity index (χ0v) is 38.3. The number of hydrogen-bond donors (Lipinski definition) is 3. The number of carboxylic acid groups (broad SMARTS) is 1. The molecule has 2 saturated carbocycles. The summed E-state index contributed by atoms with van der Waals surface area (Å²) in [4.78, 5) is 81.1. The SMILES string of the molecule is COC(=O)[C@@H]1Cc2ccc3cc2CN1C(=O)[C@H](C1CCCCC1)NC(=O)CCCCCCO3.O=C1CCCCCCOc2ccc3c(c2)CN(C(=O)[C@H](C2CCCCC2)N1)[C@H](C(=O)O)C3. The number of esters is 1. The standard InChI is InChI=1S/C26H36N2O5.C25H34N2O5/c1-32-26(31)22-16-19-12-13-21-15-20(19)17-28(22)25(30)24(18-9-5-4-6-10-18)27-23(29)11-7-2-3-8-14-33-21;28-22-10-6-1-2-7-13-32-20-12-11-18-15-21(25(30)31)27(16-19(18)14-20)24(29)23(26-22)17-8-4-3-5-9-17/h12-13,15,18,22,24H,2-11,14,16-17H2,1H3,(H,27,29);11-12,14,17,21,23H,1-10,13,15-16H2,(H,26,28)(H,30,31)/t22-,24-;21-,23-/m00/s1. The number of carboxylic acids is 1. The molecule has 0 radical (unpaired) electrons. The van der Waals surface area contributed by atoms with Crippen LogP contribution in [0.4, 0.5) is 0 Å². The van der Waals surface area contributed by atoms with Gasteiger partial charge in [0.2, 0.25) is 23.6 Å². The lowest BCUT2D eigenvalue weighted by atomic mass is 9.82. The van der Waals surface area contributed by atoms with E-state index in [1.54, 1.807) is 4.90 Å². The average Bonchev–Trinajstić information content (AvgIpc) is 3.32. The zero-order valence-electron chi connectivity index (χ0n) is 38.3. The molecule has 4 aliphatic heterocycles. The van der Waals surface area contributed by atoms with Crippen LogP contribution in [0.3, 0.4) is 0 Å². The Morgan fingerprint density at radius 1 is 0.569 bits per heavy atom. The molecule has 14 heteroatoms. The molecule has 4 heterocycles. The van der Waals surface area contributed by atoms with Gasteiger partial charge in [-0.15, -0.1) is 0 Å². The lowest BCUT2D eigenvalue weighted by molar-refractivity contribution is -0.156. The Bertz CT molecular complexity index is 1990. The number of amides is 4. The van der Waals surface area contributed by atoms with Gasteiger partial charge in [-0.05, 0) is 110 Å². The van der Waals surface area contributed by atoms with Gasteiger partial charge in [0.1, 0.15) is 35.7 Å². The van der Waals surface area contributed by atoms with Crippen molar-refractivity contribution in [3.8, 4) is 11.5 Å². The highest BCUT2D eigenvalue weighted by Gasteiger charge is 2.43. The van der Waals surface area contributed by atoms with Gasteiger partial charge in [0, 0.05) is 38.8 Å². The van der Waals surface area contributed by atoms with Crippen molar-refractivity contribution in [2.75, 3.05) is 20.3 Å². The van der Waals surface area contributed by atoms with Crippen LogP contribution in [-0.4, -0.2) is 95.0 Å². The first-order valence-corrected chi connectivity index (χ1v) is 24.6. The van der Waals surface area contributed by atoms with Crippen LogP contribution < -0.4 is 20.1 Å². The highest BCUT2D eigenvalue weighted by molar-refractivity contribution is 5.92. The molecule has 8 rings (SSSR count). The molecule has 4 atom stereocenters. The highest BCUT2D eigenvalue weighted by atomic mass is 16.5. The number of hydrogen-bond acceptors (Lipinski definition) is 9. The maximum Gasteiger partial charge on any atom is 0.328 e. The predicted molar refractivity (Wildman–Crippen MR) is 243 cm³/mol. The number of nitrogens with zero attached hydrogens (tertiary/aromatic N) is 2. The van der Waals surface area contributed by atoms with E-state index in [4.69, 9.17) is 14.2 Å². The van der Waals surface area contributed by atoms with Crippen molar-refractivity contribution in [1.82, 2.24) is 20.4 Å². The Kier molecular flexibility index (Phi) is 17.2. The quantitative estimate of drug-likeness (QED) is 0.272. The fourth-order valence-corrected chi connectivity index (χ4v) is 10.7. The Hall–Kier alpha value is -5.14. The van der Waals surface area contributed by atoms with Crippen LogP contribution in [-0.2, 0) is 59.4 Å². The van der Waals surface area contributed by atoms with E-state index in [0.717, 1.165) is 149 Å². The topological polar surface area (TPSA) is 181 Å². The van der Waals surface area contributed by atoms with Crippen LogP contribution >= 0.6 is 0 Å². The van der Waals surface area contributed by atoms with Crippen molar-refractivity contribution in [1.29, 1.82) is 0 Å². The van der Waals surface area contributed by atoms with Crippen LogP contribution in [0.25, 0.3) is 0 Å². The first-order chi connectivity index (χ1) is 31.6. The van der Waals surface area contributed by atoms with Crippen molar-refractivity contribution in [3.63, 3.8) is 0 Å². The van der Waals surface area contributed by atoms with E-state index in [9.17, 15) is 33.9 Å². The molecule has 65 heavy (non-hydrogen) atoms. The van der Waals surface area contributed by atoms with Crippen molar-refractivity contribution >= 4 is 35.6 Å². The normalized spacial score (nSPS) is 25.6. The van der Waals surface area contributed by atoms with E-state index in [0.29, 0.717) is 39.0 Å². The van der Waals surface area contributed by atoms with E-state index in [2.05, 4.69) is 10.6 Å². The van der Waals surface area contributed by atoms with Gasteiger partial charge < -0.3 is 39.8 Å². The number of ether oxygens (including phenoxy) is 3. The summed E-state index contributed by atoms with van der Waals surface area (Å²) in [7, 11) is 1.36. The van der Waals surface area contributed by atoms with Crippen LogP contribution in [0.2, 0.25) is 0 Å². The number of benzene rings is 2. The number of carbonyl (C=O) groups is 6. The average molecular weight is 899 g/mol. The molecule has 2 aromatic rings. The molecule has 0 saturated heterocycles. The van der Waals surface area contributed by atoms with Crippen molar-refractivity contribution in [3.05, 3.63) is 58.7 Å². The van der Waals surface area contributed by atoms with Crippen LogP contribution in [0, 0.1) is 11.8 Å². The van der Waals surface area contributed by atoms with Gasteiger partial charge in [-0.3, -0.25) is 19.2 Å². The molecule has 14 nitrogen and oxygen atoms in total. The van der Waals surface area contributed by atoms with Crippen molar-refractivity contribution < 1.29 is 48.1 Å². The highest BCUT2D eigenvalue weighted by Crippen LogP contribution is 2.34. The number of nitrogens with one attached hydrogen (secondary N) is 2. The third kappa shape index (κ3) is 12.6. The van der Waals surface area contributed by atoms with Gasteiger partial charge in [-0.2, -0.15) is 0 Å². The summed E-state index contributed by atoms with van der Waals surface area (Å²) in [5.41, 5.74) is 3.88. The van der Waals surface area contributed by atoms with Gasteiger partial charge in [0.05, 0.1) is 20.3 Å². The summed E-state index contributed by atoms with van der Waals surface area (Å²) in [5.74, 6) is -0.328. The molecule has 3 N–H and O–H groups in total. The number of fused-ring (bicyclic) bond motifs is 4. The molecule has 6 aliphatic rings. The molecule has 2 aromatic carbocycles. The Balaban J connectivity index is 0.000000194. The minimum absolute atomic E-state index is 0.0598. The minimum Gasteiger partial charge on any atom is -0.494 e. The summed E-state index contributed by atoms with van der Waals surface area (Å²) < 4.78 is 16.9. The summed E-state index contributed by atoms with van der Waals surface area (Å²) >= 11 is 0. The molecule has 6 bridgehead atoms. The molecular weight excluding hydrogens is 829 g/mol.